The first-order valence-corrected chi connectivity index (χ1v) is 7.75. The van der Waals surface area contributed by atoms with E-state index in [-0.39, 0.29) is 11.9 Å². The maximum absolute atomic E-state index is 14.2. The quantitative estimate of drug-likeness (QED) is 0.883. The van der Waals surface area contributed by atoms with Crippen LogP contribution in [0.15, 0.2) is 18.2 Å². The number of nitrogens with zero attached hydrogens (tertiary/aromatic N) is 2. The van der Waals surface area contributed by atoms with Crippen LogP contribution in [0.1, 0.15) is 48.0 Å². The van der Waals surface area contributed by atoms with Gasteiger partial charge in [-0.2, -0.15) is 0 Å². The standard InChI is InChI=1S/C15H20FN3S/c1-4-6-13-15(20-19-18-13)14(17-5-2)11-9-10(3)7-8-12(11)16/h7-9,14,17H,4-6H2,1-3H3. The first-order chi connectivity index (χ1) is 9.67. The van der Waals surface area contributed by atoms with E-state index in [0.29, 0.717) is 5.56 Å². The van der Waals surface area contributed by atoms with Gasteiger partial charge in [0.15, 0.2) is 0 Å². The van der Waals surface area contributed by atoms with Crippen LogP contribution in [0.25, 0.3) is 0 Å². The summed E-state index contributed by atoms with van der Waals surface area (Å²) in [5, 5.41) is 7.55. The summed E-state index contributed by atoms with van der Waals surface area (Å²) in [6.07, 6.45) is 1.88. The Labute approximate surface area is 123 Å². The average Bonchev–Trinajstić information content (AvgIpc) is 2.88. The lowest BCUT2D eigenvalue weighted by Gasteiger charge is -2.18. The van der Waals surface area contributed by atoms with Crippen molar-refractivity contribution in [2.24, 2.45) is 0 Å². The molecule has 3 nitrogen and oxygen atoms in total. The van der Waals surface area contributed by atoms with Crippen LogP contribution in [0.4, 0.5) is 4.39 Å². The van der Waals surface area contributed by atoms with Crippen molar-refractivity contribution in [1.82, 2.24) is 14.9 Å². The van der Waals surface area contributed by atoms with Crippen molar-refractivity contribution in [3.8, 4) is 0 Å². The van der Waals surface area contributed by atoms with E-state index in [0.717, 1.165) is 35.5 Å². The van der Waals surface area contributed by atoms with Gasteiger partial charge in [0, 0.05) is 5.56 Å². The Morgan fingerprint density at radius 3 is 2.85 bits per heavy atom. The van der Waals surface area contributed by atoms with Gasteiger partial charge < -0.3 is 5.32 Å². The minimum Gasteiger partial charge on any atom is -0.306 e. The Kier molecular flexibility index (Phi) is 5.20. The first kappa shape index (κ1) is 15.1. The van der Waals surface area contributed by atoms with Crippen molar-refractivity contribution in [1.29, 1.82) is 0 Å². The molecule has 1 aromatic heterocycles. The minimum atomic E-state index is -0.183. The molecule has 0 fully saturated rings. The van der Waals surface area contributed by atoms with E-state index in [1.54, 1.807) is 6.07 Å². The minimum absolute atomic E-state index is 0.165. The van der Waals surface area contributed by atoms with E-state index in [1.165, 1.54) is 17.6 Å². The first-order valence-electron chi connectivity index (χ1n) is 6.97. The summed E-state index contributed by atoms with van der Waals surface area (Å²) >= 11 is 1.36. The van der Waals surface area contributed by atoms with Crippen molar-refractivity contribution in [3.63, 3.8) is 0 Å². The summed E-state index contributed by atoms with van der Waals surface area (Å²) in [6, 6.07) is 5.06. The van der Waals surface area contributed by atoms with Gasteiger partial charge in [-0.1, -0.05) is 42.5 Å². The molecule has 0 aliphatic rings. The molecular formula is C15H20FN3S. The number of rotatable bonds is 6. The van der Waals surface area contributed by atoms with Crippen LogP contribution in [0, 0.1) is 12.7 Å². The monoisotopic (exact) mass is 293 g/mol. The third kappa shape index (κ3) is 3.22. The molecule has 0 saturated carbocycles. The molecule has 1 unspecified atom stereocenters. The lowest BCUT2D eigenvalue weighted by molar-refractivity contribution is 0.559. The molecule has 0 spiro atoms. The predicted octanol–water partition coefficient (Wildman–Crippen LogP) is 3.64. The number of hydrogen-bond acceptors (Lipinski definition) is 4. The molecular weight excluding hydrogens is 273 g/mol. The summed E-state index contributed by atoms with van der Waals surface area (Å²) in [4.78, 5) is 1.03. The second kappa shape index (κ2) is 6.90. The highest BCUT2D eigenvalue weighted by Gasteiger charge is 2.22. The molecule has 0 aliphatic heterocycles. The highest BCUT2D eigenvalue weighted by molar-refractivity contribution is 7.05. The summed E-state index contributed by atoms with van der Waals surface area (Å²) in [7, 11) is 0. The van der Waals surface area contributed by atoms with Crippen LogP contribution in [0.3, 0.4) is 0 Å². The average molecular weight is 293 g/mol. The molecule has 0 radical (unpaired) electrons. The van der Waals surface area contributed by atoms with Crippen LogP contribution in [-0.2, 0) is 6.42 Å². The molecule has 0 saturated heterocycles. The molecule has 0 aliphatic carbocycles. The van der Waals surface area contributed by atoms with E-state index in [9.17, 15) is 4.39 Å². The van der Waals surface area contributed by atoms with Crippen LogP contribution >= 0.6 is 11.5 Å². The van der Waals surface area contributed by atoms with Gasteiger partial charge in [-0.25, -0.2) is 4.39 Å². The van der Waals surface area contributed by atoms with Gasteiger partial charge in [0.05, 0.1) is 16.6 Å². The second-order valence-electron chi connectivity index (χ2n) is 4.85. The summed E-state index contributed by atoms with van der Waals surface area (Å²) in [5.41, 5.74) is 2.71. The fourth-order valence-corrected chi connectivity index (χ4v) is 3.07. The molecule has 108 valence electrons. The smallest absolute Gasteiger partial charge is 0.128 e. The number of halogens is 1. The largest absolute Gasteiger partial charge is 0.306 e. The maximum atomic E-state index is 14.2. The molecule has 1 heterocycles. The number of aryl methyl sites for hydroxylation is 2. The SMILES string of the molecule is CCCc1nnsc1C(NCC)c1cc(C)ccc1F. The fourth-order valence-electron chi connectivity index (χ4n) is 2.28. The van der Waals surface area contributed by atoms with Crippen molar-refractivity contribution in [3.05, 3.63) is 45.7 Å². The lowest BCUT2D eigenvalue weighted by atomic mass is 10.00. The van der Waals surface area contributed by atoms with Gasteiger partial charge in [-0.05, 0) is 37.5 Å². The summed E-state index contributed by atoms with van der Waals surface area (Å²) < 4.78 is 18.2. The molecule has 2 aromatic rings. The van der Waals surface area contributed by atoms with E-state index in [1.807, 2.05) is 19.9 Å². The highest BCUT2D eigenvalue weighted by Crippen LogP contribution is 2.30. The number of nitrogens with one attached hydrogen (secondary N) is 1. The normalized spacial score (nSPS) is 12.6. The molecule has 0 bridgehead atoms. The Balaban J connectivity index is 2.44. The fraction of sp³-hybridized carbons (Fsp3) is 0.467. The van der Waals surface area contributed by atoms with Gasteiger partial charge in [0.1, 0.15) is 5.82 Å². The number of aromatic nitrogens is 2. The summed E-state index contributed by atoms with van der Waals surface area (Å²) in [5.74, 6) is -0.183. The topological polar surface area (TPSA) is 37.8 Å². The van der Waals surface area contributed by atoms with E-state index in [2.05, 4.69) is 21.8 Å². The molecule has 1 aromatic carbocycles. The predicted molar refractivity (Wildman–Crippen MR) is 80.6 cm³/mol. The van der Waals surface area contributed by atoms with Crippen molar-refractivity contribution in [2.75, 3.05) is 6.54 Å². The van der Waals surface area contributed by atoms with Crippen molar-refractivity contribution < 1.29 is 4.39 Å². The third-order valence-electron chi connectivity index (χ3n) is 3.20. The highest BCUT2D eigenvalue weighted by atomic mass is 32.1. The molecule has 2 rings (SSSR count). The number of hydrogen-bond donors (Lipinski definition) is 1. The van der Waals surface area contributed by atoms with Crippen LogP contribution in [0.5, 0.6) is 0 Å². The number of benzene rings is 1. The maximum Gasteiger partial charge on any atom is 0.128 e. The lowest BCUT2D eigenvalue weighted by Crippen LogP contribution is -2.23. The zero-order valence-corrected chi connectivity index (χ0v) is 12.9. The van der Waals surface area contributed by atoms with Crippen molar-refractivity contribution in [2.45, 2.75) is 39.7 Å². The van der Waals surface area contributed by atoms with Crippen molar-refractivity contribution >= 4 is 11.5 Å². The van der Waals surface area contributed by atoms with Gasteiger partial charge in [0.2, 0.25) is 0 Å². The molecule has 1 N–H and O–H groups in total. The van der Waals surface area contributed by atoms with E-state index < -0.39 is 0 Å². The Morgan fingerprint density at radius 2 is 2.15 bits per heavy atom. The van der Waals surface area contributed by atoms with E-state index in [4.69, 9.17) is 0 Å². The second-order valence-corrected chi connectivity index (χ2v) is 5.64. The molecule has 1 atom stereocenters. The third-order valence-corrected chi connectivity index (χ3v) is 4.04. The van der Waals surface area contributed by atoms with Gasteiger partial charge >= 0.3 is 0 Å². The molecule has 0 amide bonds. The van der Waals surface area contributed by atoms with Gasteiger partial charge in [0.25, 0.3) is 0 Å². The van der Waals surface area contributed by atoms with Gasteiger partial charge in [-0.3, -0.25) is 0 Å². The molecule has 5 heteroatoms. The van der Waals surface area contributed by atoms with Crippen LogP contribution in [-0.4, -0.2) is 16.1 Å². The summed E-state index contributed by atoms with van der Waals surface area (Å²) in [6.45, 7) is 6.87. The Hall–Kier alpha value is -1.33. The van der Waals surface area contributed by atoms with E-state index >= 15 is 0 Å². The van der Waals surface area contributed by atoms with Crippen LogP contribution < -0.4 is 5.32 Å². The van der Waals surface area contributed by atoms with Crippen LogP contribution in [0.2, 0.25) is 0 Å². The zero-order valence-electron chi connectivity index (χ0n) is 12.1. The Morgan fingerprint density at radius 1 is 1.35 bits per heavy atom. The van der Waals surface area contributed by atoms with Gasteiger partial charge in [-0.15, -0.1) is 5.10 Å². The Bertz CT molecular complexity index is 568. The molecule has 20 heavy (non-hydrogen) atoms. The zero-order chi connectivity index (χ0) is 14.5.